The van der Waals surface area contributed by atoms with Crippen LogP contribution < -0.4 is 15.1 Å². The molecule has 0 saturated heterocycles. The fourth-order valence-electron chi connectivity index (χ4n) is 3.92. The molecule has 0 amide bonds. The Balaban J connectivity index is 1.99. The maximum Gasteiger partial charge on any atom is 0.573 e. The number of rotatable bonds is 3. The highest BCUT2D eigenvalue weighted by molar-refractivity contribution is 6.09. The van der Waals surface area contributed by atoms with Gasteiger partial charge in [0.05, 0.1) is 11.8 Å². The minimum atomic E-state index is -4.87. The SMILES string of the molecule is CC(=O)c1c2c(c3oc(=O)cc(C)c3c1O)C(c1ccc(OC(F)(F)F)cc1)CC(=O)O2. The van der Waals surface area contributed by atoms with Crippen LogP contribution in [0.2, 0.25) is 0 Å². The molecule has 2 heterocycles. The van der Waals surface area contributed by atoms with Crippen LogP contribution in [-0.4, -0.2) is 23.2 Å². The molecule has 0 aliphatic carbocycles. The summed E-state index contributed by atoms with van der Waals surface area (Å²) < 4.78 is 51.9. The van der Waals surface area contributed by atoms with Gasteiger partial charge in [-0.15, -0.1) is 13.2 Å². The number of aromatic hydroxyl groups is 1. The second-order valence-electron chi connectivity index (χ2n) is 7.32. The summed E-state index contributed by atoms with van der Waals surface area (Å²) in [5.41, 5.74) is -0.142. The minimum Gasteiger partial charge on any atom is -0.506 e. The lowest BCUT2D eigenvalue weighted by atomic mass is 9.83. The van der Waals surface area contributed by atoms with Crippen molar-refractivity contribution in [2.75, 3.05) is 0 Å². The molecular weight excluding hydrogens is 433 g/mol. The zero-order chi connectivity index (χ0) is 23.4. The molecule has 0 radical (unpaired) electrons. The van der Waals surface area contributed by atoms with E-state index in [2.05, 4.69) is 4.74 Å². The molecule has 1 unspecified atom stereocenters. The minimum absolute atomic E-state index is 0.0689. The Bertz CT molecular complexity index is 1320. The van der Waals surface area contributed by atoms with Gasteiger partial charge < -0.3 is 19.0 Å². The van der Waals surface area contributed by atoms with Crippen molar-refractivity contribution in [2.24, 2.45) is 0 Å². The van der Waals surface area contributed by atoms with Crippen molar-refractivity contribution in [1.82, 2.24) is 0 Å². The summed E-state index contributed by atoms with van der Waals surface area (Å²) in [5.74, 6) is -3.33. The number of halogens is 3. The Morgan fingerprint density at radius 1 is 1.19 bits per heavy atom. The highest BCUT2D eigenvalue weighted by Crippen LogP contribution is 2.49. The highest BCUT2D eigenvalue weighted by atomic mass is 19.4. The van der Waals surface area contributed by atoms with Crippen molar-refractivity contribution in [3.63, 3.8) is 0 Å². The van der Waals surface area contributed by atoms with Crippen molar-refractivity contribution in [1.29, 1.82) is 0 Å². The zero-order valence-electron chi connectivity index (χ0n) is 16.7. The van der Waals surface area contributed by atoms with Crippen LogP contribution in [0.4, 0.5) is 13.2 Å². The molecule has 10 heteroatoms. The molecular formula is C22H15F3O7. The van der Waals surface area contributed by atoms with Crippen LogP contribution in [0.3, 0.4) is 0 Å². The second-order valence-corrected chi connectivity index (χ2v) is 7.32. The molecule has 0 fully saturated rings. The first-order valence-corrected chi connectivity index (χ1v) is 9.37. The van der Waals surface area contributed by atoms with Crippen LogP contribution in [0, 0.1) is 6.92 Å². The highest BCUT2D eigenvalue weighted by Gasteiger charge is 2.37. The summed E-state index contributed by atoms with van der Waals surface area (Å²) in [6.07, 6.45) is -5.10. The van der Waals surface area contributed by atoms with Gasteiger partial charge in [-0.05, 0) is 37.1 Å². The number of alkyl halides is 3. The Hall–Kier alpha value is -3.82. The fourth-order valence-corrected chi connectivity index (χ4v) is 3.92. The molecule has 1 aliphatic heterocycles. The molecule has 4 rings (SSSR count). The third-order valence-corrected chi connectivity index (χ3v) is 5.15. The molecule has 32 heavy (non-hydrogen) atoms. The molecule has 0 spiro atoms. The smallest absolute Gasteiger partial charge is 0.506 e. The standard InChI is InChI=1S/C22H15F3O7/c1-9-7-14(27)30-20-16(9)19(29)17(10(2)26)21-18(20)13(8-15(28)31-21)11-3-5-12(6-4-11)32-22(23,24)25/h3-7,13,29H,8H2,1-2H3. The lowest BCUT2D eigenvalue weighted by Crippen LogP contribution is -2.24. The van der Waals surface area contributed by atoms with Crippen molar-refractivity contribution in [3.05, 3.63) is 63.0 Å². The topological polar surface area (TPSA) is 103 Å². The van der Waals surface area contributed by atoms with Gasteiger partial charge in [0.1, 0.15) is 22.6 Å². The molecule has 0 saturated carbocycles. The Morgan fingerprint density at radius 3 is 2.44 bits per heavy atom. The summed E-state index contributed by atoms with van der Waals surface area (Å²) in [4.78, 5) is 36.7. The van der Waals surface area contributed by atoms with Gasteiger partial charge in [-0.1, -0.05) is 12.1 Å². The maximum atomic E-state index is 12.5. The van der Waals surface area contributed by atoms with E-state index in [1.807, 2.05) is 0 Å². The number of carbonyl (C=O) groups excluding carboxylic acids is 2. The summed E-state index contributed by atoms with van der Waals surface area (Å²) >= 11 is 0. The van der Waals surface area contributed by atoms with Crippen LogP contribution >= 0.6 is 0 Å². The van der Waals surface area contributed by atoms with E-state index in [9.17, 15) is 32.7 Å². The van der Waals surface area contributed by atoms with Crippen LogP contribution in [0.15, 0.2) is 39.5 Å². The summed E-state index contributed by atoms with van der Waals surface area (Å²) in [6.45, 7) is 2.72. The largest absolute Gasteiger partial charge is 0.573 e. The first-order valence-electron chi connectivity index (χ1n) is 9.37. The predicted octanol–water partition coefficient (Wildman–Crippen LogP) is 4.35. The van der Waals surface area contributed by atoms with Gasteiger partial charge in [-0.2, -0.15) is 0 Å². The van der Waals surface area contributed by atoms with Gasteiger partial charge in [-0.3, -0.25) is 9.59 Å². The van der Waals surface area contributed by atoms with Crippen LogP contribution in [0.5, 0.6) is 17.2 Å². The Labute approximate surface area is 178 Å². The maximum absolute atomic E-state index is 12.5. The molecule has 166 valence electrons. The molecule has 0 bridgehead atoms. The molecule has 1 aliphatic rings. The normalized spacial score (nSPS) is 15.9. The van der Waals surface area contributed by atoms with E-state index in [0.717, 1.165) is 18.2 Å². The summed E-state index contributed by atoms with van der Waals surface area (Å²) in [6, 6.07) is 5.96. The summed E-state index contributed by atoms with van der Waals surface area (Å²) in [7, 11) is 0. The van der Waals surface area contributed by atoms with Gasteiger partial charge >= 0.3 is 18.0 Å². The number of phenols is 1. The van der Waals surface area contributed by atoms with Gasteiger partial charge in [0, 0.05) is 17.5 Å². The lowest BCUT2D eigenvalue weighted by Gasteiger charge is -2.28. The quantitative estimate of drug-likeness (QED) is 0.275. The van der Waals surface area contributed by atoms with Crippen molar-refractivity contribution in [3.8, 4) is 17.2 Å². The molecule has 1 atom stereocenters. The number of benzene rings is 2. The van der Waals surface area contributed by atoms with Crippen molar-refractivity contribution >= 4 is 22.7 Å². The third-order valence-electron chi connectivity index (χ3n) is 5.15. The third kappa shape index (κ3) is 3.68. The zero-order valence-corrected chi connectivity index (χ0v) is 16.7. The van der Waals surface area contributed by atoms with E-state index in [4.69, 9.17) is 9.15 Å². The molecule has 1 aromatic heterocycles. The number of aryl methyl sites for hydroxylation is 1. The van der Waals surface area contributed by atoms with Gasteiger partial charge in [-0.25, -0.2) is 4.79 Å². The molecule has 2 aromatic carbocycles. The van der Waals surface area contributed by atoms with Gasteiger partial charge in [0.15, 0.2) is 11.5 Å². The average Bonchev–Trinajstić information content (AvgIpc) is 2.65. The van der Waals surface area contributed by atoms with Gasteiger partial charge in [0.2, 0.25) is 0 Å². The number of hydrogen-bond donors (Lipinski definition) is 1. The van der Waals surface area contributed by atoms with Crippen LogP contribution in [0.1, 0.15) is 46.3 Å². The van der Waals surface area contributed by atoms with Crippen molar-refractivity contribution < 1.29 is 41.8 Å². The number of ether oxygens (including phenoxy) is 2. The Morgan fingerprint density at radius 2 is 1.84 bits per heavy atom. The van der Waals surface area contributed by atoms with Crippen LogP contribution in [0.25, 0.3) is 11.0 Å². The van der Waals surface area contributed by atoms with Crippen molar-refractivity contribution in [2.45, 2.75) is 32.5 Å². The lowest BCUT2D eigenvalue weighted by molar-refractivity contribution is -0.274. The second kappa shape index (κ2) is 7.40. The average molecular weight is 448 g/mol. The molecule has 3 aromatic rings. The monoisotopic (exact) mass is 448 g/mol. The molecule has 7 nitrogen and oxygen atoms in total. The van der Waals surface area contributed by atoms with E-state index in [1.54, 1.807) is 6.92 Å². The van der Waals surface area contributed by atoms with E-state index >= 15 is 0 Å². The van der Waals surface area contributed by atoms with E-state index < -0.39 is 41.2 Å². The van der Waals surface area contributed by atoms with E-state index in [-0.39, 0.29) is 34.3 Å². The number of ketones is 1. The number of carbonyl (C=O) groups is 2. The number of Topliss-reactive ketones (excluding diaryl/α,β-unsaturated/α-hetero) is 1. The first kappa shape index (κ1) is 21.4. The summed E-state index contributed by atoms with van der Waals surface area (Å²) in [5, 5.41) is 10.8. The first-order chi connectivity index (χ1) is 15.0. The van der Waals surface area contributed by atoms with E-state index in [1.165, 1.54) is 19.1 Å². The fraction of sp³-hybridized carbons (Fsp3) is 0.227. The van der Waals surface area contributed by atoms with Crippen LogP contribution in [-0.2, 0) is 4.79 Å². The predicted molar refractivity (Wildman–Crippen MR) is 104 cm³/mol. The van der Waals surface area contributed by atoms with E-state index in [0.29, 0.717) is 11.1 Å². The Kier molecular flexibility index (Phi) is 4.95. The molecule has 1 N–H and O–H groups in total. The van der Waals surface area contributed by atoms with Gasteiger partial charge in [0.25, 0.3) is 0 Å². The number of fused-ring (bicyclic) bond motifs is 3. The number of phenolic OH excluding ortho intramolecular Hbond substituents is 1. The number of esters is 1. The number of hydrogen-bond acceptors (Lipinski definition) is 7.